The SMILES string of the molecule is Cc1ccc2c(c1)C(=O)/C(=C/c1cc3cc(C)ccc3nc1Cl)CO2. The number of carbonyl (C=O) groups is 1. The number of nitrogens with zero attached hydrogens (tertiary/aromatic N) is 1. The molecule has 0 N–H and O–H groups in total. The molecule has 1 aliphatic rings. The molecule has 4 rings (SSSR count). The lowest BCUT2D eigenvalue weighted by atomic mass is 9.97. The van der Waals surface area contributed by atoms with Gasteiger partial charge in [-0.2, -0.15) is 0 Å². The summed E-state index contributed by atoms with van der Waals surface area (Å²) in [5.41, 5.74) is 4.91. The van der Waals surface area contributed by atoms with E-state index in [0.717, 1.165) is 27.6 Å². The minimum atomic E-state index is -0.0228. The normalized spacial score (nSPS) is 15.3. The average Bonchev–Trinajstić information content (AvgIpc) is 2.59. The molecule has 2 heterocycles. The number of ketones is 1. The second kappa shape index (κ2) is 6.01. The monoisotopic (exact) mass is 349 g/mol. The first kappa shape index (κ1) is 15.9. The summed E-state index contributed by atoms with van der Waals surface area (Å²) in [5.74, 6) is 0.608. The van der Waals surface area contributed by atoms with Crippen LogP contribution in [-0.2, 0) is 0 Å². The second-order valence-corrected chi connectivity index (χ2v) is 6.71. The molecule has 3 nitrogen and oxygen atoms in total. The number of hydrogen-bond donors (Lipinski definition) is 0. The van der Waals surface area contributed by atoms with Crippen LogP contribution < -0.4 is 4.74 Å². The maximum atomic E-state index is 12.8. The fourth-order valence-electron chi connectivity index (χ4n) is 3.03. The van der Waals surface area contributed by atoms with E-state index >= 15 is 0 Å². The van der Waals surface area contributed by atoms with Crippen molar-refractivity contribution in [1.82, 2.24) is 4.98 Å². The number of benzene rings is 2. The molecule has 2 aromatic carbocycles. The van der Waals surface area contributed by atoms with E-state index in [0.29, 0.717) is 22.0 Å². The molecule has 0 unspecified atom stereocenters. The van der Waals surface area contributed by atoms with Crippen LogP contribution in [0.25, 0.3) is 17.0 Å². The molecule has 1 aromatic heterocycles. The Balaban J connectivity index is 1.79. The number of aromatic nitrogens is 1. The van der Waals surface area contributed by atoms with Gasteiger partial charge in [0.2, 0.25) is 0 Å². The standard InChI is InChI=1S/C21H16ClNO2/c1-12-3-5-18-14(7-12)9-15(21(22)23-18)10-16-11-25-19-6-4-13(2)8-17(19)20(16)24/h3-10H,11H2,1-2H3/b16-10+. The summed E-state index contributed by atoms with van der Waals surface area (Å²) >= 11 is 6.33. The lowest BCUT2D eigenvalue weighted by Gasteiger charge is -2.19. The fraction of sp³-hybridized carbons (Fsp3) is 0.143. The van der Waals surface area contributed by atoms with Crippen molar-refractivity contribution in [3.63, 3.8) is 0 Å². The Kier molecular flexibility index (Phi) is 3.81. The number of pyridine rings is 1. The van der Waals surface area contributed by atoms with E-state index in [9.17, 15) is 4.79 Å². The molecule has 0 amide bonds. The third kappa shape index (κ3) is 2.92. The molecule has 0 spiro atoms. The summed E-state index contributed by atoms with van der Waals surface area (Å²) in [6.45, 7) is 4.22. The molecular weight excluding hydrogens is 334 g/mol. The number of rotatable bonds is 1. The van der Waals surface area contributed by atoms with Crippen molar-refractivity contribution in [2.24, 2.45) is 0 Å². The fourth-order valence-corrected chi connectivity index (χ4v) is 3.23. The summed E-state index contributed by atoms with van der Waals surface area (Å²) < 4.78 is 5.73. The van der Waals surface area contributed by atoms with Gasteiger partial charge in [0.1, 0.15) is 17.5 Å². The lowest BCUT2D eigenvalue weighted by molar-refractivity contribution is 0.100. The van der Waals surface area contributed by atoms with Crippen LogP contribution in [0.1, 0.15) is 27.0 Å². The van der Waals surface area contributed by atoms with Gasteiger partial charge in [0.25, 0.3) is 0 Å². The number of halogens is 1. The Bertz CT molecular complexity index is 1050. The van der Waals surface area contributed by atoms with Gasteiger partial charge in [0.15, 0.2) is 5.78 Å². The van der Waals surface area contributed by atoms with Crippen LogP contribution in [0.15, 0.2) is 48.0 Å². The number of aryl methyl sites for hydroxylation is 2. The smallest absolute Gasteiger partial charge is 0.196 e. The maximum absolute atomic E-state index is 12.8. The number of ether oxygens (including phenoxy) is 1. The van der Waals surface area contributed by atoms with Crippen LogP contribution in [-0.4, -0.2) is 17.4 Å². The Morgan fingerprint density at radius 3 is 2.68 bits per heavy atom. The van der Waals surface area contributed by atoms with E-state index in [1.165, 1.54) is 0 Å². The van der Waals surface area contributed by atoms with Gasteiger partial charge in [-0.3, -0.25) is 4.79 Å². The van der Waals surface area contributed by atoms with Gasteiger partial charge < -0.3 is 4.74 Å². The Morgan fingerprint density at radius 1 is 1.08 bits per heavy atom. The van der Waals surface area contributed by atoms with Crippen LogP contribution in [0.3, 0.4) is 0 Å². The van der Waals surface area contributed by atoms with Gasteiger partial charge in [0.05, 0.1) is 11.1 Å². The number of carbonyl (C=O) groups excluding carboxylic acids is 1. The van der Waals surface area contributed by atoms with Crippen molar-refractivity contribution in [1.29, 1.82) is 0 Å². The number of hydrogen-bond acceptors (Lipinski definition) is 3. The molecule has 124 valence electrons. The first-order valence-electron chi connectivity index (χ1n) is 8.07. The Labute approximate surface area is 150 Å². The molecule has 4 heteroatoms. The van der Waals surface area contributed by atoms with Crippen molar-refractivity contribution >= 4 is 34.4 Å². The molecule has 25 heavy (non-hydrogen) atoms. The molecule has 0 saturated heterocycles. The molecular formula is C21H16ClNO2. The van der Waals surface area contributed by atoms with Crippen LogP contribution in [0, 0.1) is 13.8 Å². The zero-order valence-corrected chi connectivity index (χ0v) is 14.7. The third-order valence-electron chi connectivity index (χ3n) is 4.34. The third-order valence-corrected chi connectivity index (χ3v) is 4.64. The molecule has 0 aliphatic carbocycles. The quantitative estimate of drug-likeness (QED) is 0.449. The van der Waals surface area contributed by atoms with Gasteiger partial charge in [-0.05, 0) is 50.3 Å². The highest BCUT2D eigenvalue weighted by Gasteiger charge is 2.23. The van der Waals surface area contributed by atoms with Crippen LogP contribution in [0.4, 0.5) is 0 Å². The highest BCUT2D eigenvalue weighted by Crippen LogP contribution is 2.30. The summed E-state index contributed by atoms with van der Waals surface area (Å²) in [7, 11) is 0. The highest BCUT2D eigenvalue weighted by molar-refractivity contribution is 6.31. The van der Waals surface area contributed by atoms with Crippen LogP contribution in [0.5, 0.6) is 5.75 Å². The van der Waals surface area contributed by atoms with Gasteiger partial charge >= 0.3 is 0 Å². The predicted octanol–water partition coefficient (Wildman–Crippen LogP) is 5.16. The van der Waals surface area contributed by atoms with E-state index < -0.39 is 0 Å². The zero-order chi connectivity index (χ0) is 17.6. The highest BCUT2D eigenvalue weighted by atomic mass is 35.5. The Morgan fingerprint density at radius 2 is 1.84 bits per heavy atom. The largest absolute Gasteiger partial charge is 0.488 e. The molecule has 0 fully saturated rings. The number of fused-ring (bicyclic) bond motifs is 2. The average molecular weight is 350 g/mol. The molecule has 0 bridgehead atoms. The minimum Gasteiger partial charge on any atom is -0.488 e. The van der Waals surface area contributed by atoms with Gasteiger partial charge in [-0.1, -0.05) is 34.9 Å². The molecule has 0 saturated carbocycles. The van der Waals surface area contributed by atoms with E-state index in [4.69, 9.17) is 16.3 Å². The molecule has 0 atom stereocenters. The van der Waals surface area contributed by atoms with Crippen molar-refractivity contribution < 1.29 is 9.53 Å². The van der Waals surface area contributed by atoms with Crippen LogP contribution in [0.2, 0.25) is 5.15 Å². The number of Topliss-reactive ketones (excluding diaryl/α,β-unsaturated/α-hetero) is 1. The summed E-state index contributed by atoms with van der Waals surface area (Å²) in [6, 6.07) is 13.6. The zero-order valence-electron chi connectivity index (χ0n) is 14.0. The predicted molar refractivity (Wildman–Crippen MR) is 100 cm³/mol. The molecule has 3 aromatic rings. The van der Waals surface area contributed by atoms with Crippen LogP contribution >= 0.6 is 11.6 Å². The minimum absolute atomic E-state index is 0.0228. The van der Waals surface area contributed by atoms with E-state index in [-0.39, 0.29) is 12.4 Å². The van der Waals surface area contributed by atoms with Crippen molar-refractivity contribution in [3.05, 3.63) is 75.4 Å². The Hall–Kier alpha value is -2.65. The lowest BCUT2D eigenvalue weighted by Crippen LogP contribution is -2.19. The first-order chi connectivity index (χ1) is 12.0. The van der Waals surface area contributed by atoms with Gasteiger partial charge in [-0.15, -0.1) is 0 Å². The topological polar surface area (TPSA) is 39.2 Å². The molecule has 1 aliphatic heterocycles. The van der Waals surface area contributed by atoms with Crippen molar-refractivity contribution in [2.45, 2.75) is 13.8 Å². The van der Waals surface area contributed by atoms with Gasteiger partial charge in [-0.25, -0.2) is 4.98 Å². The van der Waals surface area contributed by atoms with Crippen molar-refractivity contribution in [3.8, 4) is 5.75 Å². The maximum Gasteiger partial charge on any atom is 0.196 e. The van der Waals surface area contributed by atoms with E-state index in [1.54, 1.807) is 6.08 Å². The van der Waals surface area contributed by atoms with E-state index in [2.05, 4.69) is 11.1 Å². The summed E-state index contributed by atoms with van der Waals surface area (Å²) in [4.78, 5) is 17.2. The first-order valence-corrected chi connectivity index (χ1v) is 8.45. The van der Waals surface area contributed by atoms with E-state index in [1.807, 2.05) is 50.2 Å². The second-order valence-electron chi connectivity index (χ2n) is 6.35. The van der Waals surface area contributed by atoms with Gasteiger partial charge in [0, 0.05) is 16.5 Å². The summed E-state index contributed by atoms with van der Waals surface area (Å²) in [6.07, 6.45) is 1.78. The summed E-state index contributed by atoms with van der Waals surface area (Å²) in [5, 5.41) is 1.38. The van der Waals surface area contributed by atoms with Crippen molar-refractivity contribution in [2.75, 3.05) is 6.61 Å². The molecule has 0 radical (unpaired) electrons.